The molecule has 0 aromatic rings. The molecule has 1 rings (SSSR count). The Kier molecular flexibility index (Phi) is 2.43. The number of carbonyl (C=O) groups is 2. The van der Waals surface area contributed by atoms with Crippen LogP contribution in [0.1, 0.15) is 19.3 Å². The highest BCUT2D eigenvalue weighted by Crippen LogP contribution is 2.33. The van der Waals surface area contributed by atoms with Gasteiger partial charge in [0.1, 0.15) is 5.54 Å². The van der Waals surface area contributed by atoms with Crippen molar-refractivity contribution in [1.29, 1.82) is 0 Å². The Balaban J connectivity index is 2.67. The predicted octanol–water partition coefficient (Wildman–Crippen LogP) is 0.672. The Hall–Kier alpha value is -1.27. The molecule has 0 atom stereocenters. The van der Waals surface area contributed by atoms with Crippen LogP contribution in [0.3, 0.4) is 0 Å². The second-order valence-corrected chi connectivity index (χ2v) is 3.19. The van der Waals surface area contributed by atoms with E-state index in [4.69, 9.17) is 5.11 Å². The molecule has 0 aromatic heterocycles. The summed E-state index contributed by atoms with van der Waals surface area (Å²) in [6.07, 6.45) is -4.43. The molecule has 1 fully saturated rings. The van der Waals surface area contributed by atoms with E-state index in [2.05, 4.69) is 0 Å². The van der Waals surface area contributed by atoms with Gasteiger partial charge in [-0.05, 0) is 19.3 Å². The molecule has 0 bridgehead atoms. The van der Waals surface area contributed by atoms with Crippen LogP contribution in [0.5, 0.6) is 0 Å². The van der Waals surface area contributed by atoms with Crippen LogP contribution >= 0.6 is 0 Å². The minimum atomic E-state index is -5.03. The van der Waals surface area contributed by atoms with Gasteiger partial charge in [0.05, 0.1) is 0 Å². The fraction of sp³-hybridized carbons (Fsp3) is 0.714. The lowest BCUT2D eigenvalue weighted by molar-refractivity contribution is -0.179. The summed E-state index contributed by atoms with van der Waals surface area (Å²) in [5.41, 5.74) is -1.70. The van der Waals surface area contributed by atoms with E-state index in [1.807, 2.05) is 0 Å². The summed E-state index contributed by atoms with van der Waals surface area (Å²) in [5, 5.41) is 10.1. The fourth-order valence-electron chi connectivity index (χ4n) is 1.21. The first-order valence-electron chi connectivity index (χ1n) is 3.91. The second-order valence-electron chi connectivity index (χ2n) is 3.19. The zero-order chi connectivity index (χ0) is 11.0. The van der Waals surface area contributed by atoms with E-state index in [0.717, 1.165) is 0 Å². The summed E-state index contributed by atoms with van der Waals surface area (Å²) in [5.74, 6) is -3.61. The Morgan fingerprint density at radius 3 is 2.00 bits per heavy atom. The third kappa shape index (κ3) is 1.80. The van der Waals surface area contributed by atoms with Crippen molar-refractivity contribution in [2.75, 3.05) is 0 Å². The minimum Gasteiger partial charge on any atom is -0.480 e. The molecule has 4 nitrogen and oxygen atoms in total. The summed E-state index contributed by atoms with van der Waals surface area (Å²) < 4.78 is 35.4. The summed E-state index contributed by atoms with van der Waals surface area (Å²) in [7, 11) is 0. The maximum Gasteiger partial charge on any atom is 0.471 e. The number of rotatable bonds is 2. The lowest BCUT2D eigenvalue weighted by atomic mass is 9.77. The number of amides is 1. The highest BCUT2D eigenvalue weighted by Gasteiger charge is 2.50. The van der Waals surface area contributed by atoms with Crippen LogP contribution in [0.2, 0.25) is 0 Å². The van der Waals surface area contributed by atoms with Gasteiger partial charge in [0.2, 0.25) is 0 Å². The molecule has 2 N–H and O–H groups in total. The molecule has 1 amide bonds. The van der Waals surface area contributed by atoms with Crippen molar-refractivity contribution in [3.63, 3.8) is 0 Å². The topological polar surface area (TPSA) is 66.4 Å². The van der Waals surface area contributed by atoms with Crippen LogP contribution in [-0.4, -0.2) is 28.7 Å². The lowest BCUT2D eigenvalue weighted by Gasteiger charge is -2.38. The van der Waals surface area contributed by atoms with E-state index in [1.54, 1.807) is 0 Å². The van der Waals surface area contributed by atoms with Gasteiger partial charge in [-0.1, -0.05) is 0 Å². The molecule has 1 aliphatic rings. The van der Waals surface area contributed by atoms with E-state index in [1.165, 1.54) is 5.32 Å². The van der Waals surface area contributed by atoms with Gasteiger partial charge < -0.3 is 10.4 Å². The number of carboxylic acids is 1. The Morgan fingerprint density at radius 2 is 1.79 bits per heavy atom. The second kappa shape index (κ2) is 3.14. The fourth-order valence-corrected chi connectivity index (χ4v) is 1.21. The summed E-state index contributed by atoms with van der Waals surface area (Å²) in [6, 6.07) is 0. The standard InChI is InChI=1S/C7H8F3NO3/c8-7(9,10)4(12)11-6(5(13)14)2-1-3-6/h1-3H2,(H,11,12)(H,13,14). The van der Waals surface area contributed by atoms with E-state index in [-0.39, 0.29) is 12.8 Å². The van der Waals surface area contributed by atoms with Crippen LogP contribution in [0.4, 0.5) is 13.2 Å². The van der Waals surface area contributed by atoms with E-state index in [0.29, 0.717) is 6.42 Å². The van der Waals surface area contributed by atoms with Gasteiger partial charge in [-0.15, -0.1) is 0 Å². The molecular formula is C7H8F3NO3. The molecule has 0 saturated heterocycles. The zero-order valence-corrected chi connectivity index (χ0v) is 7.02. The van der Waals surface area contributed by atoms with Crippen LogP contribution in [-0.2, 0) is 9.59 Å². The van der Waals surface area contributed by atoms with Gasteiger partial charge in [0.25, 0.3) is 0 Å². The predicted molar refractivity (Wildman–Crippen MR) is 38.4 cm³/mol. The Morgan fingerprint density at radius 1 is 1.29 bits per heavy atom. The molecular weight excluding hydrogens is 203 g/mol. The molecule has 0 spiro atoms. The normalized spacial score (nSPS) is 19.6. The van der Waals surface area contributed by atoms with Gasteiger partial charge in [-0.25, -0.2) is 4.79 Å². The molecule has 14 heavy (non-hydrogen) atoms. The number of carboxylic acid groups (broad SMARTS) is 1. The molecule has 1 saturated carbocycles. The van der Waals surface area contributed by atoms with Gasteiger partial charge in [-0.2, -0.15) is 13.2 Å². The maximum absolute atomic E-state index is 11.8. The zero-order valence-electron chi connectivity index (χ0n) is 7.02. The number of nitrogens with one attached hydrogen (secondary N) is 1. The first kappa shape index (κ1) is 10.8. The average molecular weight is 211 g/mol. The number of hydrogen-bond donors (Lipinski definition) is 2. The molecule has 0 unspecified atom stereocenters. The van der Waals surface area contributed by atoms with Crippen molar-refractivity contribution in [1.82, 2.24) is 5.32 Å². The molecule has 7 heteroatoms. The van der Waals surface area contributed by atoms with Gasteiger partial charge in [-0.3, -0.25) is 4.79 Å². The quantitative estimate of drug-likeness (QED) is 0.705. The van der Waals surface area contributed by atoms with Crippen molar-refractivity contribution in [2.24, 2.45) is 0 Å². The SMILES string of the molecule is O=C(NC1(C(=O)O)CCC1)C(F)(F)F. The van der Waals surface area contributed by atoms with Gasteiger partial charge >= 0.3 is 18.1 Å². The molecule has 0 aromatic carbocycles. The number of aliphatic carboxylic acids is 1. The number of alkyl halides is 3. The first-order chi connectivity index (χ1) is 6.28. The van der Waals surface area contributed by atoms with Gasteiger partial charge in [0, 0.05) is 0 Å². The Labute approximate surface area is 77.1 Å². The highest BCUT2D eigenvalue weighted by atomic mass is 19.4. The van der Waals surface area contributed by atoms with Crippen LogP contribution in [0.25, 0.3) is 0 Å². The third-order valence-electron chi connectivity index (χ3n) is 2.23. The van der Waals surface area contributed by atoms with E-state index >= 15 is 0 Å². The van der Waals surface area contributed by atoms with Crippen molar-refractivity contribution < 1.29 is 27.9 Å². The van der Waals surface area contributed by atoms with Gasteiger partial charge in [0.15, 0.2) is 0 Å². The lowest BCUT2D eigenvalue weighted by Crippen LogP contribution is -2.61. The summed E-state index contributed by atoms with van der Waals surface area (Å²) in [6.45, 7) is 0. The largest absolute Gasteiger partial charge is 0.480 e. The maximum atomic E-state index is 11.8. The monoisotopic (exact) mass is 211 g/mol. The van der Waals surface area contributed by atoms with E-state index < -0.39 is 23.6 Å². The Bertz CT molecular complexity index is 270. The van der Waals surface area contributed by atoms with Crippen molar-refractivity contribution in [3.05, 3.63) is 0 Å². The molecule has 0 heterocycles. The van der Waals surface area contributed by atoms with Crippen molar-refractivity contribution in [3.8, 4) is 0 Å². The number of halogens is 3. The number of hydrogen-bond acceptors (Lipinski definition) is 2. The first-order valence-corrected chi connectivity index (χ1v) is 3.91. The summed E-state index contributed by atoms with van der Waals surface area (Å²) in [4.78, 5) is 21.1. The number of carbonyl (C=O) groups excluding carboxylic acids is 1. The third-order valence-corrected chi connectivity index (χ3v) is 2.23. The van der Waals surface area contributed by atoms with E-state index in [9.17, 15) is 22.8 Å². The van der Waals surface area contributed by atoms with Crippen LogP contribution in [0.15, 0.2) is 0 Å². The highest BCUT2D eigenvalue weighted by molar-refractivity contribution is 5.90. The molecule has 1 aliphatic carbocycles. The van der Waals surface area contributed by atoms with Crippen LogP contribution < -0.4 is 5.32 Å². The minimum absolute atomic E-state index is 0.0458. The molecule has 80 valence electrons. The molecule has 0 aliphatic heterocycles. The molecule has 0 radical (unpaired) electrons. The van der Waals surface area contributed by atoms with Crippen molar-refractivity contribution in [2.45, 2.75) is 31.0 Å². The summed E-state index contributed by atoms with van der Waals surface area (Å²) >= 11 is 0. The van der Waals surface area contributed by atoms with Crippen LogP contribution in [0, 0.1) is 0 Å². The smallest absolute Gasteiger partial charge is 0.471 e. The average Bonchev–Trinajstić information content (AvgIpc) is 1.93. The van der Waals surface area contributed by atoms with Crippen molar-refractivity contribution >= 4 is 11.9 Å².